The Labute approximate surface area is 263 Å². The van der Waals surface area contributed by atoms with Crippen LogP contribution in [-0.2, 0) is 16.0 Å². The minimum Gasteiger partial charge on any atom is -0.493 e. The highest BCUT2D eigenvalue weighted by atomic mass is 35.5. The number of aromatic nitrogens is 2. The van der Waals surface area contributed by atoms with Crippen molar-refractivity contribution in [1.82, 2.24) is 15.3 Å². The molecule has 0 spiro atoms. The van der Waals surface area contributed by atoms with Gasteiger partial charge in [0.25, 0.3) is 0 Å². The van der Waals surface area contributed by atoms with Crippen LogP contribution in [-0.4, -0.2) is 66.3 Å². The summed E-state index contributed by atoms with van der Waals surface area (Å²) < 4.78 is 11.7. The third-order valence-electron chi connectivity index (χ3n) is 8.32. The number of fused-ring (bicyclic) bond motifs is 1. The number of hydrogen-bond donors (Lipinski definition) is 2. The Morgan fingerprint density at radius 3 is 2.45 bits per heavy atom. The van der Waals surface area contributed by atoms with E-state index in [4.69, 9.17) is 36.1 Å². The zero-order valence-electron chi connectivity index (χ0n) is 25.6. The number of hydrogen-bond acceptors (Lipinski definition) is 8. The molecule has 2 N–H and O–H groups in total. The van der Waals surface area contributed by atoms with Crippen LogP contribution in [0.15, 0.2) is 48.8 Å². The van der Waals surface area contributed by atoms with Gasteiger partial charge in [-0.3, -0.25) is 14.5 Å². The first kappa shape index (κ1) is 31.5. The molecule has 2 aromatic carbocycles. The number of carboxylic acid groups (broad SMARTS) is 1. The second-order valence-electron chi connectivity index (χ2n) is 11.9. The number of nitrogens with one attached hydrogen (secondary N) is 1. The molecule has 0 unspecified atom stereocenters. The van der Waals surface area contributed by atoms with Crippen molar-refractivity contribution < 1.29 is 24.2 Å². The second-order valence-corrected chi connectivity index (χ2v) is 12.3. The van der Waals surface area contributed by atoms with Crippen LogP contribution in [0.5, 0.6) is 11.5 Å². The number of anilines is 2. The number of carboxylic acids is 1. The van der Waals surface area contributed by atoms with Gasteiger partial charge in [-0.2, -0.15) is 0 Å². The Morgan fingerprint density at radius 1 is 1.11 bits per heavy atom. The SMILES string of the molecule is COc1cc2c(cc1OC(C)C)[C@H](c1ccc(Cl)cc1)N(c1cnc(N(C)CC3CCC(NCC(=O)O)CC3)cn1)C(=O)C2. The third-order valence-corrected chi connectivity index (χ3v) is 8.57. The van der Waals surface area contributed by atoms with E-state index in [1.165, 1.54) is 0 Å². The Hall–Kier alpha value is -3.89. The summed E-state index contributed by atoms with van der Waals surface area (Å²) in [5.74, 6) is 1.96. The third kappa shape index (κ3) is 7.25. The lowest BCUT2D eigenvalue weighted by Crippen LogP contribution is -2.41. The Kier molecular flexibility index (Phi) is 9.90. The fraction of sp³-hybridized carbons (Fsp3) is 0.455. The van der Waals surface area contributed by atoms with Gasteiger partial charge in [-0.15, -0.1) is 0 Å². The van der Waals surface area contributed by atoms with Gasteiger partial charge in [-0.25, -0.2) is 9.97 Å². The molecule has 11 heteroatoms. The lowest BCUT2D eigenvalue weighted by Gasteiger charge is -2.37. The summed E-state index contributed by atoms with van der Waals surface area (Å²) in [5.41, 5.74) is 2.69. The van der Waals surface area contributed by atoms with Crippen LogP contribution in [0.1, 0.15) is 62.3 Å². The van der Waals surface area contributed by atoms with E-state index >= 15 is 0 Å². The molecule has 234 valence electrons. The van der Waals surface area contributed by atoms with Crippen molar-refractivity contribution in [3.63, 3.8) is 0 Å². The highest BCUT2D eigenvalue weighted by molar-refractivity contribution is 6.30. The van der Waals surface area contributed by atoms with Gasteiger partial charge in [-0.1, -0.05) is 23.7 Å². The number of amides is 1. The van der Waals surface area contributed by atoms with Gasteiger partial charge in [0.2, 0.25) is 5.91 Å². The van der Waals surface area contributed by atoms with Crippen molar-refractivity contribution in [3.05, 3.63) is 70.5 Å². The second kappa shape index (κ2) is 13.8. The molecule has 10 nitrogen and oxygen atoms in total. The minimum atomic E-state index is -0.825. The number of nitrogens with zero attached hydrogens (tertiary/aromatic N) is 4. The molecule has 44 heavy (non-hydrogen) atoms. The fourth-order valence-corrected chi connectivity index (χ4v) is 6.32. The maximum absolute atomic E-state index is 13.8. The highest BCUT2D eigenvalue weighted by Crippen LogP contribution is 2.43. The first-order valence-corrected chi connectivity index (χ1v) is 15.4. The van der Waals surface area contributed by atoms with Crippen molar-refractivity contribution in [2.75, 3.05) is 37.0 Å². The van der Waals surface area contributed by atoms with Crippen LogP contribution in [0.2, 0.25) is 5.02 Å². The van der Waals surface area contributed by atoms with E-state index in [0.29, 0.717) is 28.3 Å². The molecule has 5 rings (SSSR count). The predicted octanol–water partition coefficient (Wildman–Crippen LogP) is 5.27. The number of aliphatic carboxylic acids is 1. The van der Waals surface area contributed by atoms with E-state index in [0.717, 1.165) is 54.7 Å². The smallest absolute Gasteiger partial charge is 0.317 e. The quantitative estimate of drug-likeness (QED) is 0.295. The summed E-state index contributed by atoms with van der Waals surface area (Å²) in [7, 11) is 3.60. The number of methoxy groups -OCH3 is 1. The van der Waals surface area contributed by atoms with E-state index in [9.17, 15) is 9.59 Å². The molecule has 2 aliphatic rings. The van der Waals surface area contributed by atoms with Crippen LogP contribution in [0.4, 0.5) is 11.6 Å². The number of carbonyl (C=O) groups excluding carboxylic acids is 1. The van der Waals surface area contributed by atoms with Crippen molar-refractivity contribution >= 4 is 35.1 Å². The van der Waals surface area contributed by atoms with Crippen molar-refractivity contribution in [2.24, 2.45) is 5.92 Å². The van der Waals surface area contributed by atoms with Crippen LogP contribution in [0, 0.1) is 5.92 Å². The molecule has 1 atom stereocenters. The van der Waals surface area contributed by atoms with Gasteiger partial charge in [0.1, 0.15) is 5.82 Å². The minimum absolute atomic E-state index is 0.00222. The molecule has 1 aromatic heterocycles. The van der Waals surface area contributed by atoms with Gasteiger partial charge < -0.3 is 24.8 Å². The topological polar surface area (TPSA) is 117 Å². The van der Waals surface area contributed by atoms with Crippen LogP contribution < -0.4 is 24.6 Å². The lowest BCUT2D eigenvalue weighted by atomic mass is 9.85. The van der Waals surface area contributed by atoms with Gasteiger partial charge in [0, 0.05) is 24.7 Å². The Bertz CT molecular complexity index is 1460. The standard InChI is InChI=1S/C33H40ClN5O5/c1-20(2)44-28-15-26-23(13-27(28)43-4)14-31(40)39(33(26)22-7-9-24(34)10-8-22)30-17-36-29(16-37-30)38(3)19-21-5-11-25(12-6-21)35-18-32(41)42/h7-10,13,15-17,20-21,25,33,35H,5-6,11-12,14,18-19H2,1-4H3,(H,41,42)/t21?,25?,33-/m0/s1. The summed E-state index contributed by atoms with van der Waals surface area (Å²) in [6, 6.07) is 11.1. The van der Waals surface area contributed by atoms with Gasteiger partial charge >= 0.3 is 5.97 Å². The average molecular weight is 622 g/mol. The molecule has 0 radical (unpaired) electrons. The Morgan fingerprint density at radius 2 is 1.84 bits per heavy atom. The molecule has 1 saturated carbocycles. The van der Waals surface area contributed by atoms with Crippen molar-refractivity contribution in [3.8, 4) is 11.5 Å². The van der Waals surface area contributed by atoms with E-state index in [1.807, 2.05) is 57.3 Å². The maximum Gasteiger partial charge on any atom is 0.317 e. The van der Waals surface area contributed by atoms with Crippen LogP contribution in [0.25, 0.3) is 0 Å². The molecule has 0 bridgehead atoms. The Balaban J connectivity index is 1.38. The summed E-state index contributed by atoms with van der Waals surface area (Å²) >= 11 is 6.24. The zero-order chi connectivity index (χ0) is 31.4. The van der Waals surface area contributed by atoms with Gasteiger partial charge in [0.05, 0.1) is 44.6 Å². The van der Waals surface area contributed by atoms with E-state index < -0.39 is 12.0 Å². The normalized spacial score (nSPS) is 19.9. The molecule has 2 heterocycles. The van der Waals surface area contributed by atoms with Crippen molar-refractivity contribution in [2.45, 2.75) is 64.1 Å². The number of rotatable bonds is 11. The number of ether oxygens (including phenoxy) is 2. The molecular weight excluding hydrogens is 582 g/mol. The summed E-state index contributed by atoms with van der Waals surface area (Å²) in [6.07, 6.45) is 7.46. The maximum atomic E-state index is 13.8. The van der Waals surface area contributed by atoms with Crippen LogP contribution in [0.3, 0.4) is 0 Å². The number of halogens is 1. The summed E-state index contributed by atoms with van der Waals surface area (Å²) in [4.78, 5) is 37.9. The lowest BCUT2D eigenvalue weighted by molar-refractivity contribution is -0.136. The molecule has 0 saturated heterocycles. The number of benzene rings is 2. The molecule has 1 aliphatic carbocycles. The molecule has 1 amide bonds. The largest absolute Gasteiger partial charge is 0.493 e. The molecule has 1 fully saturated rings. The fourth-order valence-electron chi connectivity index (χ4n) is 6.19. The predicted molar refractivity (Wildman–Crippen MR) is 170 cm³/mol. The average Bonchev–Trinajstić information content (AvgIpc) is 3.00. The first-order chi connectivity index (χ1) is 21.1. The summed E-state index contributed by atoms with van der Waals surface area (Å²) in [5, 5.41) is 12.7. The van der Waals surface area contributed by atoms with Crippen molar-refractivity contribution in [1.29, 1.82) is 0 Å². The molecular formula is C33H40ClN5O5. The highest BCUT2D eigenvalue weighted by Gasteiger charge is 2.37. The van der Waals surface area contributed by atoms with E-state index in [1.54, 1.807) is 24.4 Å². The van der Waals surface area contributed by atoms with Gasteiger partial charge in [-0.05, 0) is 86.4 Å². The van der Waals surface area contributed by atoms with Gasteiger partial charge in [0.15, 0.2) is 17.3 Å². The molecule has 1 aliphatic heterocycles. The number of carbonyl (C=O) groups is 2. The first-order valence-electron chi connectivity index (χ1n) is 15.1. The van der Waals surface area contributed by atoms with E-state index in [-0.39, 0.29) is 31.0 Å². The van der Waals surface area contributed by atoms with E-state index in [2.05, 4.69) is 10.2 Å². The summed E-state index contributed by atoms with van der Waals surface area (Å²) in [6.45, 7) is 4.75. The molecule has 3 aromatic rings. The zero-order valence-corrected chi connectivity index (χ0v) is 26.4. The van der Waals surface area contributed by atoms with Crippen LogP contribution >= 0.6 is 11.6 Å². The monoisotopic (exact) mass is 621 g/mol.